The number of hydrogen-bond donors (Lipinski definition) is 2. The van der Waals surface area contributed by atoms with E-state index in [2.05, 4.69) is 15.3 Å². The summed E-state index contributed by atoms with van der Waals surface area (Å²) < 4.78 is 5.38. The Labute approximate surface area is 125 Å². The maximum Gasteiger partial charge on any atom is 0.163 e. The van der Waals surface area contributed by atoms with Crippen molar-refractivity contribution in [1.82, 2.24) is 9.97 Å². The summed E-state index contributed by atoms with van der Waals surface area (Å²) in [4.78, 5) is 9.21. The molecule has 0 amide bonds. The maximum atomic E-state index is 5.52. The third-order valence-corrected chi connectivity index (χ3v) is 3.30. The summed E-state index contributed by atoms with van der Waals surface area (Å²) in [5, 5.41) is 3.35. The summed E-state index contributed by atoms with van der Waals surface area (Å²) in [5.74, 6) is 1.46. The van der Waals surface area contributed by atoms with E-state index in [1.807, 2.05) is 38.1 Å². The lowest BCUT2D eigenvalue weighted by atomic mass is 10.1. The van der Waals surface area contributed by atoms with Crippen molar-refractivity contribution in [2.24, 2.45) is 5.73 Å². The molecule has 2 aromatic rings. The molecule has 0 saturated heterocycles. The van der Waals surface area contributed by atoms with Gasteiger partial charge in [-0.05, 0) is 38.9 Å². The molecule has 1 aromatic heterocycles. The van der Waals surface area contributed by atoms with Crippen LogP contribution in [0.3, 0.4) is 0 Å². The Hall–Kier alpha value is -2.14. The fourth-order valence-electron chi connectivity index (χ4n) is 2.24. The Morgan fingerprint density at radius 3 is 2.43 bits per heavy atom. The Morgan fingerprint density at radius 2 is 1.81 bits per heavy atom. The van der Waals surface area contributed by atoms with Gasteiger partial charge < -0.3 is 15.8 Å². The number of methoxy groups -OCH3 is 1. The van der Waals surface area contributed by atoms with Crippen LogP contribution in [-0.2, 0) is 0 Å². The highest BCUT2D eigenvalue weighted by molar-refractivity contribution is 5.66. The first-order chi connectivity index (χ1) is 10.2. The van der Waals surface area contributed by atoms with Gasteiger partial charge in [0, 0.05) is 6.54 Å². The van der Waals surface area contributed by atoms with E-state index in [0.29, 0.717) is 12.4 Å². The third kappa shape index (κ3) is 3.49. The number of nitrogens with two attached hydrogens (primary N) is 1. The molecule has 0 saturated carbocycles. The quantitative estimate of drug-likeness (QED) is 0.798. The number of ether oxygens (including phenoxy) is 1. The molecule has 112 valence electrons. The molecular weight excluding hydrogens is 264 g/mol. The second kappa shape index (κ2) is 7.04. The van der Waals surface area contributed by atoms with Crippen molar-refractivity contribution in [3.05, 3.63) is 35.7 Å². The van der Waals surface area contributed by atoms with Crippen LogP contribution in [0.2, 0.25) is 0 Å². The molecule has 0 spiro atoms. The van der Waals surface area contributed by atoms with E-state index >= 15 is 0 Å². The van der Waals surface area contributed by atoms with E-state index < -0.39 is 0 Å². The smallest absolute Gasteiger partial charge is 0.163 e. The van der Waals surface area contributed by atoms with Gasteiger partial charge in [-0.15, -0.1) is 0 Å². The molecule has 0 aliphatic rings. The highest BCUT2D eigenvalue weighted by atomic mass is 16.5. The highest BCUT2D eigenvalue weighted by Gasteiger charge is 2.12. The number of rotatable bonds is 6. The molecule has 3 N–H and O–H groups in total. The number of nitrogens with one attached hydrogen (secondary N) is 1. The molecular formula is C16H22N4O. The fraction of sp³-hybridized carbons (Fsp3) is 0.375. The molecule has 0 fully saturated rings. The fourth-order valence-corrected chi connectivity index (χ4v) is 2.24. The molecule has 0 radical (unpaired) electrons. The lowest BCUT2D eigenvalue weighted by Gasteiger charge is -2.14. The minimum Gasteiger partial charge on any atom is -0.496 e. The standard InChI is InChI=1S/C16H22N4O/c1-11-15(18-10-6-9-17)12(2)20-16(19-11)13-7-4-5-8-14(13)21-3/h4-5,7-8,18H,6,9-10,17H2,1-3H3. The summed E-state index contributed by atoms with van der Waals surface area (Å²) >= 11 is 0. The van der Waals surface area contributed by atoms with Crippen molar-refractivity contribution in [3.8, 4) is 17.1 Å². The van der Waals surface area contributed by atoms with Crippen molar-refractivity contribution in [3.63, 3.8) is 0 Å². The summed E-state index contributed by atoms with van der Waals surface area (Å²) in [6.45, 7) is 5.47. The van der Waals surface area contributed by atoms with Crippen molar-refractivity contribution in [2.45, 2.75) is 20.3 Å². The average molecular weight is 286 g/mol. The van der Waals surface area contributed by atoms with Crippen molar-refractivity contribution in [1.29, 1.82) is 0 Å². The predicted octanol–water partition coefficient (Wildman–Crippen LogP) is 2.53. The van der Waals surface area contributed by atoms with Crippen LogP contribution in [0.1, 0.15) is 17.8 Å². The van der Waals surface area contributed by atoms with Crippen LogP contribution in [0, 0.1) is 13.8 Å². The van der Waals surface area contributed by atoms with Gasteiger partial charge in [-0.1, -0.05) is 12.1 Å². The molecule has 21 heavy (non-hydrogen) atoms. The van der Waals surface area contributed by atoms with Crippen LogP contribution in [0.25, 0.3) is 11.4 Å². The monoisotopic (exact) mass is 286 g/mol. The topological polar surface area (TPSA) is 73.1 Å². The summed E-state index contributed by atoms with van der Waals surface area (Å²) in [6, 6.07) is 7.77. The van der Waals surface area contributed by atoms with Crippen molar-refractivity contribution >= 4 is 5.69 Å². The van der Waals surface area contributed by atoms with E-state index in [-0.39, 0.29) is 0 Å². The third-order valence-electron chi connectivity index (χ3n) is 3.30. The summed E-state index contributed by atoms with van der Waals surface area (Å²) in [5.41, 5.74) is 9.27. The molecule has 0 unspecified atom stereocenters. The van der Waals surface area contributed by atoms with Crippen LogP contribution < -0.4 is 15.8 Å². The largest absolute Gasteiger partial charge is 0.496 e. The molecule has 5 nitrogen and oxygen atoms in total. The minimum atomic E-state index is 0.672. The van der Waals surface area contributed by atoms with Gasteiger partial charge in [0.15, 0.2) is 5.82 Å². The number of para-hydroxylation sites is 1. The first-order valence-corrected chi connectivity index (χ1v) is 7.10. The zero-order valence-electron chi connectivity index (χ0n) is 12.8. The number of hydrogen-bond acceptors (Lipinski definition) is 5. The van der Waals surface area contributed by atoms with Crippen LogP contribution in [0.4, 0.5) is 5.69 Å². The lowest BCUT2D eigenvalue weighted by molar-refractivity contribution is 0.416. The zero-order valence-corrected chi connectivity index (χ0v) is 12.8. The number of benzene rings is 1. The number of nitrogens with zero attached hydrogens (tertiary/aromatic N) is 2. The predicted molar refractivity (Wildman–Crippen MR) is 85.7 cm³/mol. The Morgan fingerprint density at radius 1 is 1.14 bits per heavy atom. The van der Waals surface area contributed by atoms with E-state index in [4.69, 9.17) is 10.5 Å². The zero-order chi connectivity index (χ0) is 15.2. The average Bonchev–Trinajstić information content (AvgIpc) is 2.49. The summed E-state index contributed by atoms with van der Waals surface area (Å²) in [7, 11) is 1.65. The highest BCUT2D eigenvalue weighted by Crippen LogP contribution is 2.29. The molecule has 1 heterocycles. The van der Waals surface area contributed by atoms with Gasteiger partial charge in [-0.2, -0.15) is 0 Å². The van der Waals surface area contributed by atoms with E-state index in [0.717, 1.165) is 41.4 Å². The molecule has 0 bridgehead atoms. The second-order valence-electron chi connectivity index (χ2n) is 4.86. The van der Waals surface area contributed by atoms with Crippen LogP contribution in [0.5, 0.6) is 5.75 Å². The second-order valence-corrected chi connectivity index (χ2v) is 4.86. The molecule has 0 aliphatic heterocycles. The van der Waals surface area contributed by atoms with Crippen LogP contribution in [0.15, 0.2) is 24.3 Å². The minimum absolute atomic E-state index is 0.672. The van der Waals surface area contributed by atoms with Crippen molar-refractivity contribution < 1.29 is 4.74 Å². The number of anilines is 1. The normalized spacial score (nSPS) is 10.5. The maximum absolute atomic E-state index is 5.52. The van der Waals surface area contributed by atoms with E-state index in [1.165, 1.54) is 0 Å². The van der Waals surface area contributed by atoms with Crippen molar-refractivity contribution in [2.75, 3.05) is 25.5 Å². The van der Waals surface area contributed by atoms with Crippen LogP contribution in [-0.4, -0.2) is 30.2 Å². The van der Waals surface area contributed by atoms with Gasteiger partial charge >= 0.3 is 0 Å². The van der Waals surface area contributed by atoms with Gasteiger partial charge in [-0.3, -0.25) is 0 Å². The molecule has 5 heteroatoms. The SMILES string of the molecule is COc1ccccc1-c1nc(C)c(NCCCN)c(C)n1. The van der Waals surface area contributed by atoms with E-state index in [9.17, 15) is 0 Å². The van der Waals surface area contributed by atoms with Gasteiger partial charge in [-0.25, -0.2) is 9.97 Å². The number of aromatic nitrogens is 2. The molecule has 2 rings (SSSR count). The van der Waals surface area contributed by atoms with Gasteiger partial charge in [0.25, 0.3) is 0 Å². The van der Waals surface area contributed by atoms with Gasteiger partial charge in [0.05, 0.1) is 29.7 Å². The molecule has 1 aromatic carbocycles. The van der Waals surface area contributed by atoms with Gasteiger partial charge in [0.1, 0.15) is 5.75 Å². The first kappa shape index (κ1) is 15.3. The molecule has 0 atom stereocenters. The number of aryl methyl sites for hydroxylation is 2. The van der Waals surface area contributed by atoms with Gasteiger partial charge in [0.2, 0.25) is 0 Å². The lowest BCUT2D eigenvalue weighted by Crippen LogP contribution is -2.12. The molecule has 0 aliphatic carbocycles. The Balaban J connectivity index is 2.35. The van der Waals surface area contributed by atoms with Crippen LogP contribution >= 0.6 is 0 Å². The summed E-state index contributed by atoms with van der Waals surface area (Å²) in [6.07, 6.45) is 0.924. The Bertz CT molecular complexity index is 590. The van der Waals surface area contributed by atoms with E-state index in [1.54, 1.807) is 7.11 Å². The first-order valence-electron chi connectivity index (χ1n) is 7.10. The Kier molecular flexibility index (Phi) is 5.11.